The highest BCUT2D eigenvalue weighted by Gasteiger charge is 2.15. The van der Waals surface area contributed by atoms with Crippen molar-refractivity contribution in [2.24, 2.45) is 0 Å². The van der Waals surface area contributed by atoms with Crippen molar-refractivity contribution < 1.29 is 23.9 Å². The maximum atomic E-state index is 10.7. The summed E-state index contributed by atoms with van der Waals surface area (Å²) in [6, 6.07) is 6.44. The van der Waals surface area contributed by atoms with Gasteiger partial charge in [-0.15, -0.1) is 0 Å². The van der Waals surface area contributed by atoms with Crippen molar-refractivity contribution in [3.8, 4) is 17.1 Å². The number of phosphoric acid groups is 1. The van der Waals surface area contributed by atoms with Crippen LogP contribution in [-0.4, -0.2) is 9.88 Å². The number of H-pyrrole nitrogens is 2. The predicted molar refractivity (Wildman–Crippen MR) is 53.2 cm³/mol. The van der Waals surface area contributed by atoms with Crippen molar-refractivity contribution in [2.45, 2.75) is 0 Å². The molecule has 1 aromatic carbocycles. The van der Waals surface area contributed by atoms with Crippen LogP contribution in [0, 0.1) is 0 Å². The second-order valence-electron chi connectivity index (χ2n) is 3.05. The third-order valence-electron chi connectivity index (χ3n) is 1.91. The van der Waals surface area contributed by atoms with Gasteiger partial charge >= 0.3 is 7.82 Å². The van der Waals surface area contributed by atoms with E-state index in [0.29, 0.717) is 11.4 Å². The summed E-state index contributed by atoms with van der Waals surface area (Å²) in [6.45, 7) is 0. The van der Waals surface area contributed by atoms with Gasteiger partial charge < -0.3 is 14.3 Å². The Morgan fingerprint density at radius 2 is 2.19 bits per heavy atom. The standard InChI is InChI=1S/C9H9N2O4P/c12-16(13,14)15-8-4-2-1-3-7(8)9-10-5-6-11-9/h1-6H,(H,10,11)(H2,12,13,14). The SMILES string of the molecule is O=P([O-])(O)Oc1ccccc1-c1[nH]cc[nH+]1. The van der Waals surface area contributed by atoms with Crippen LogP contribution in [0.15, 0.2) is 36.7 Å². The molecule has 16 heavy (non-hydrogen) atoms. The maximum Gasteiger partial charge on any atom is 0.317 e. The third-order valence-corrected chi connectivity index (χ3v) is 2.34. The molecular formula is C9H9N2O4P. The highest BCUT2D eigenvalue weighted by Crippen LogP contribution is 2.37. The fourth-order valence-corrected chi connectivity index (χ4v) is 1.73. The van der Waals surface area contributed by atoms with Gasteiger partial charge in [-0.05, 0) is 12.1 Å². The minimum atomic E-state index is -4.79. The Labute approximate surface area is 91.2 Å². The first-order chi connectivity index (χ1) is 7.56. The van der Waals surface area contributed by atoms with Crippen LogP contribution in [0.1, 0.15) is 0 Å². The number of nitrogens with one attached hydrogen (secondary N) is 2. The molecule has 0 fully saturated rings. The van der Waals surface area contributed by atoms with Gasteiger partial charge in [0.25, 0.3) is 5.82 Å². The van der Waals surface area contributed by atoms with Gasteiger partial charge in [0.2, 0.25) is 0 Å². The molecule has 0 aliphatic rings. The van der Waals surface area contributed by atoms with Crippen LogP contribution in [-0.2, 0) is 4.57 Å². The molecule has 1 unspecified atom stereocenters. The predicted octanol–water partition coefficient (Wildman–Crippen LogP) is 0.335. The number of aromatic amines is 2. The van der Waals surface area contributed by atoms with Crippen molar-refractivity contribution in [3.63, 3.8) is 0 Å². The lowest BCUT2D eigenvalue weighted by Gasteiger charge is -2.17. The molecule has 0 spiro atoms. The highest BCUT2D eigenvalue weighted by molar-refractivity contribution is 7.45. The lowest BCUT2D eigenvalue weighted by molar-refractivity contribution is -0.362. The lowest BCUT2D eigenvalue weighted by Crippen LogP contribution is -2.08. The quantitative estimate of drug-likeness (QED) is 0.755. The molecule has 0 saturated heterocycles. The first-order valence-corrected chi connectivity index (χ1v) is 5.94. The van der Waals surface area contributed by atoms with Crippen molar-refractivity contribution in [3.05, 3.63) is 36.7 Å². The molecule has 6 nitrogen and oxygen atoms in total. The Kier molecular flexibility index (Phi) is 2.78. The third kappa shape index (κ3) is 2.49. The highest BCUT2D eigenvalue weighted by atomic mass is 31.2. The van der Waals surface area contributed by atoms with Crippen LogP contribution in [0.3, 0.4) is 0 Å². The zero-order chi connectivity index (χ0) is 11.6. The fraction of sp³-hybridized carbons (Fsp3) is 0. The molecule has 1 heterocycles. The minimum Gasteiger partial charge on any atom is -0.746 e. The Bertz CT molecular complexity index is 520. The van der Waals surface area contributed by atoms with Crippen LogP contribution in [0.25, 0.3) is 11.4 Å². The van der Waals surface area contributed by atoms with Gasteiger partial charge in [0.05, 0.1) is 0 Å². The van der Waals surface area contributed by atoms with Gasteiger partial charge in [-0.1, -0.05) is 12.1 Å². The molecule has 84 valence electrons. The molecule has 2 rings (SSSR count). The van der Waals surface area contributed by atoms with Gasteiger partial charge in [0.15, 0.2) is 0 Å². The minimum absolute atomic E-state index is 0.0574. The first kappa shape index (κ1) is 10.9. The van der Waals surface area contributed by atoms with E-state index in [0.717, 1.165) is 0 Å². The normalized spacial score (nSPS) is 14.4. The fourth-order valence-electron chi connectivity index (χ4n) is 1.32. The number of hydrogen-bond acceptors (Lipinski definition) is 3. The topological polar surface area (TPSA) is 99.5 Å². The monoisotopic (exact) mass is 240 g/mol. The molecule has 0 radical (unpaired) electrons. The van der Waals surface area contributed by atoms with Gasteiger partial charge in [-0.3, -0.25) is 4.57 Å². The Balaban J connectivity index is 2.43. The number of rotatable bonds is 3. The average Bonchev–Trinajstić information content (AvgIpc) is 2.69. The van der Waals surface area contributed by atoms with Gasteiger partial charge in [0, 0.05) is 0 Å². The number of phosphoric ester groups is 1. The lowest BCUT2D eigenvalue weighted by atomic mass is 10.2. The van der Waals surface area contributed by atoms with Gasteiger partial charge in [-0.2, -0.15) is 0 Å². The van der Waals surface area contributed by atoms with E-state index >= 15 is 0 Å². The number of aromatic nitrogens is 2. The van der Waals surface area contributed by atoms with Crippen molar-refractivity contribution >= 4 is 7.82 Å². The smallest absolute Gasteiger partial charge is 0.317 e. The summed E-state index contributed by atoms with van der Waals surface area (Å²) >= 11 is 0. The molecule has 1 atom stereocenters. The van der Waals surface area contributed by atoms with Crippen LogP contribution in [0.2, 0.25) is 0 Å². The van der Waals surface area contributed by atoms with E-state index in [9.17, 15) is 9.46 Å². The second kappa shape index (κ2) is 4.09. The van der Waals surface area contributed by atoms with E-state index in [1.807, 2.05) is 0 Å². The summed E-state index contributed by atoms with van der Waals surface area (Å²) in [7, 11) is -4.79. The molecule has 7 heteroatoms. The maximum absolute atomic E-state index is 10.7. The first-order valence-electron chi connectivity index (χ1n) is 4.44. The summed E-state index contributed by atoms with van der Waals surface area (Å²) in [5.41, 5.74) is 0.512. The number of para-hydroxylation sites is 1. The van der Waals surface area contributed by atoms with Crippen LogP contribution in [0.4, 0.5) is 0 Å². The van der Waals surface area contributed by atoms with E-state index in [2.05, 4.69) is 14.5 Å². The van der Waals surface area contributed by atoms with Crippen molar-refractivity contribution in [1.29, 1.82) is 0 Å². The van der Waals surface area contributed by atoms with E-state index < -0.39 is 7.82 Å². The number of benzene rings is 1. The molecular weight excluding hydrogens is 231 g/mol. The van der Waals surface area contributed by atoms with Crippen molar-refractivity contribution in [2.75, 3.05) is 0 Å². The van der Waals surface area contributed by atoms with E-state index in [-0.39, 0.29) is 5.75 Å². The Morgan fingerprint density at radius 3 is 2.81 bits per heavy atom. The molecule has 1 aromatic heterocycles. The van der Waals surface area contributed by atoms with Crippen molar-refractivity contribution in [1.82, 2.24) is 4.98 Å². The Morgan fingerprint density at radius 1 is 1.44 bits per heavy atom. The summed E-state index contributed by atoms with van der Waals surface area (Å²) in [6.07, 6.45) is 3.31. The molecule has 0 aliphatic carbocycles. The van der Waals surface area contributed by atoms with Gasteiger partial charge in [-0.25, -0.2) is 9.97 Å². The largest absolute Gasteiger partial charge is 0.746 e. The number of hydrogen-bond donors (Lipinski definition) is 2. The summed E-state index contributed by atoms with van der Waals surface area (Å²) in [5.74, 6) is 0.645. The average molecular weight is 240 g/mol. The summed E-state index contributed by atoms with van der Waals surface area (Å²) in [5, 5.41) is 0. The van der Waals surface area contributed by atoms with E-state index in [1.165, 1.54) is 6.07 Å². The molecule has 0 saturated carbocycles. The zero-order valence-electron chi connectivity index (χ0n) is 8.08. The summed E-state index contributed by atoms with van der Waals surface area (Å²) in [4.78, 5) is 25.1. The molecule has 0 bridgehead atoms. The molecule has 3 N–H and O–H groups in total. The van der Waals surface area contributed by atoms with Crippen LogP contribution in [0.5, 0.6) is 5.75 Å². The zero-order valence-corrected chi connectivity index (χ0v) is 8.98. The summed E-state index contributed by atoms with van der Waals surface area (Å²) < 4.78 is 15.1. The molecule has 0 amide bonds. The molecule has 2 aromatic rings. The van der Waals surface area contributed by atoms with E-state index in [4.69, 9.17) is 4.89 Å². The second-order valence-corrected chi connectivity index (χ2v) is 4.17. The van der Waals surface area contributed by atoms with Gasteiger partial charge in [0.1, 0.15) is 23.7 Å². The van der Waals surface area contributed by atoms with Crippen LogP contribution < -0.4 is 14.4 Å². The van der Waals surface area contributed by atoms with Crippen LogP contribution >= 0.6 is 7.82 Å². The Hall–Kier alpha value is -1.62. The number of imidazole rings is 1. The van der Waals surface area contributed by atoms with E-state index in [1.54, 1.807) is 30.6 Å². The molecule has 0 aliphatic heterocycles.